The number of nitrogens with two attached hydrogens (primary N) is 1. The zero-order valence-corrected chi connectivity index (χ0v) is 9.64. The van der Waals surface area contributed by atoms with Crippen LogP contribution in [0.3, 0.4) is 0 Å². The molecule has 1 heterocycles. The largest absolute Gasteiger partial charge is 0.482 e. The Morgan fingerprint density at radius 2 is 2.00 bits per heavy atom. The van der Waals surface area contributed by atoms with Crippen molar-refractivity contribution >= 4 is 11.3 Å². The summed E-state index contributed by atoms with van der Waals surface area (Å²) in [6.45, 7) is 0.184. The van der Waals surface area contributed by atoms with E-state index >= 15 is 0 Å². The number of hydrogen-bond acceptors (Lipinski definition) is 4. The number of hydrogen-bond donors (Lipinski definition) is 1. The number of ether oxygens (including phenoxy) is 1. The van der Waals surface area contributed by atoms with Crippen LogP contribution in [0.2, 0.25) is 0 Å². The molecule has 0 aliphatic rings. The first-order valence-corrected chi connectivity index (χ1v) is 5.77. The second kappa shape index (κ2) is 5.20. The SMILES string of the molecule is NCc1cc(F)c(OCc2cncs2)c(F)c1. The van der Waals surface area contributed by atoms with Crippen LogP contribution >= 0.6 is 11.3 Å². The third kappa shape index (κ3) is 2.78. The average molecular weight is 256 g/mol. The van der Waals surface area contributed by atoms with Crippen LogP contribution in [-0.2, 0) is 13.2 Å². The highest BCUT2D eigenvalue weighted by Gasteiger charge is 2.12. The van der Waals surface area contributed by atoms with Gasteiger partial charge in [0.25, 0.3) is 0 Å². The molecule has 0 aliphatic heterocycles. The van der Waals surface area contributed by atoms with Crippen LogP contribution in [0.15, 0.2) is 23.8 Å². The fourth-order valence-corrected chi connectivity index (χ4v) is 1.83. The third-order valence-electron chi connectivity index (χ3n) is 2.14. The predicted molar refractivity (Wildman–Crippen MR) is 60.7 cm³/mol. The van der Waals surface area contributed by atoms with Crippen molar-refractivity contribution in [1.29, 1.82) is 0 Å². The first-order valence-electron chi connectivity index (χ1n) is 4.89. The molecule has 2 N–H and O–H groups in total. The molecule has 0 aliphatic carbocycles. The maximum Gasteiger partial charge on any atom is 0.191 e. The van der Waals surface area contributed by atoms with Crippen molar-refractivity contribution in [2.45, 2.75) is 13.2 Å². The average Bonchev–Trinajstić information content (AvgIpc) is 2.80. The number of rotatable bonds is 4. The molecule has 90 valence electrons. The van der Waals surface area contributed by atoms with Crippen LogP contribution in [-0.4, -0.2) is 4.98 Å². The monoisotopic (exact) mass is 256 g/mol. The van der Waals surface area contributed by atoms with Gasteiger partial charge in [-0.25, -0.2) is 8.78 Å². The summed E-state index contributed by atoms with van der Waals surface area (Å²) in [6, 6.07) is 2.34. The van der Waals surface area contributed by atoms with E-state index in [-0.39, 0.29) is 18.9 Å². The lowest BCUT2D eigenvalue weighted by molar-refractivity contribution is 0.276. The normalized spacial score (nSPS) is 10.5. The minimum atomic E-state index is -0.741. The summed E-state index contributed by atoms with van der Waals surface area (Å²) in [5, 5.41) is 0. The van der Waals surface area contributed by atoms with Crippen LogP contribution in [0.25, 0.3) is 0 Å². The van der Waals surface area contributed by atoms with Crippen LogP contribution in [0, 0.1) is 11.6 Å². The smallest absolute Gasteiger partial charge is 0.191 e. The molecule has 2 aromatic rings. The van der Waals surface area contributed by atoms with E-state index in [0.29, 0.717) is 5.56 Å². The van der Waals surface area contributed by atoms with Gasteiger partial charge in [0.15, 0.2) is 17.4 Å². The van der Waals surface area contributed by atoms with Gasteiger partial charge in [-0.05, 0) is 17.7 Å². The van der Waals surface area contributed by atoms with Crippen molar-refractivity contribution in [2.24, 2.45) is 5.73 Å². The molecule has 0 radical (unpaired) electrons. The lowest BCUT2D eigenvalue weighted by atomic mass is 10.2. The summed E-state index contributed by atoms with van der Waals surface area (Å²) in [5.74, 6) is -1.86. The second-order valence-electron chi connectivity index (χ2n) is 3.35. The van der Waals surface area contributed by atoms with Gasteiger partial charge in [-0.15, -0.1) is 11.3 Å². The van der Waals surface area contributed by atoms with E-state index in [1.807, 2.05) is 0 Å². The van der Waals surface area contributed by atoms with Crippen molar-refractivity contribution in [3.8, 4) is 5.75 Å². The minimum Gasteiger partial charge on any atom is -0.482 e. The Morgan fingerprint density at radius 3 is 2.53 bits per heavy atom. The van der Waals surface area contributed by atoms with E-state index in [1.165, 1.54) is 23.5 Å². The standard InChI is InChI=1S/C11H10F2N2OS/c12-9-1-7(3-14)2-10(13)11(9)16-5-8-4-15-6-17-8/h1-2,4,6H,3,5,14H2. The van der Waals surface area contributed by atoms with Gasteiger partial charge in [0, 0.05) is 12.7 Å². The molecule has 2 rings (SSSR count). The van der Waals surface area contributed by atoms with E-state index in [1.54, 1.807) is 11.7 Å². The molecule has 0 unspecified atom stereocenters. The van der Waals surface area contributed by atoms with Gasteiger partial charge in [0.05, 0.1) is 10.4 Å². The van der Waals surface area contributed by atoms with Crippen LogP contribution < -0.4 is 10.5 Å². The van der Waals surface area contributed by atoms with E-state index in [9.17, 15) is 8.78 Å². The summed E-state index contributed by atoms with van der Waals surface area (Å²) < 4.78 is 32.1. The maximum atomic E-state index is 13.5. The maximum absolute atomic E-state index is 13.5. The first-order chi connectivity index (χ1) is 8.20. The van der Waals surface area contributed by atoms with Crippen molar-refractivity contribution in [2.75, 3.05) is 0 Å². The molecular weight excluding hydrogens is 246 g/mol. The lowest BCUT2D eigenvalue weighted by Crippen LogP contribution is -2.02. The summed E-state index contributed by atoms with van der Waals surface area (Å²) in [6.07, 6.45) is 1.59. The zero-order chi connectivity index (χ0) is 12.3. The first kappa shape index (κ1) is 11.9. The summed E-state index contributed by atoms with van der Waals surface area (Å²) in [5.41, 5.74) is 7.33. The number of nitrogens with zero attached hydrogens (tertiary/aromatic N) is 1. The topological polar surface area (TPSA) is 48.1 Å². The Kier molecular flexibility index (Phi) is 3.65. The van der Waals surface area contributed by atoms with Gasteiger partial charge >= 0.3 is 0 Å². The molecule has 0 amide bonds. The highest BCUT2D eigenvalue weighted by molar-refractivity contribution is 7.09. The Morgan fingerprint density at radius 1 is 1.29 bits per heavy atom. The quantitative estimate of drug-likeness (QED) is 0.914. The molecule has 0 atom stereocenters. The molecule has 0 saturated heterocycles. The minimum absolute atomic E-state index is 0.0863. The molecule has 1 aromatic heterocycles. The van der Waals surface area contributed by atoms with Crippen molar-refractivity contribution < 1.29 is 13.5 Å². The third-order valence-corrected chi connectivity index (χ3v) is 2.89. The van der Waals surface area contributed by atoms with Gasteiger partial charge in [-0.1, -0.05) is 0 Å². The highest BCUT2D eigenvalue weighted by atomic mass is 32.1. The Bertz CT molecular complexity index is 479. The lowest BCUT2D eigenvalue weighted by Gasteiger charge is -2.08. The molecule has 0 saturated carbocycles. The Hall–Kier alpha value is -1.53. The summed E-state index contributed by atoms with van der Waals surface area (Å²) in [4.78, 5) is 4.64. The molecule has 17 heavy (non-hydrogen) atoms. The second-order valence-corrected chi connectivity index (χ2v) is 4.32. The van der Waals surface area contributed by atoms with Crippen molar-refractivity contribution in [1.82, 2.24) is 4.98 Å². The number of aromatic nitrogens is 1. The van der Waals surface area contributed by atoms with Crippen molar-refractivity contribution in [3.05, 3.63) is 45.9 Å². The van der Waals surface area contributed by atoms with E-state index < -0.39 is 11.6 Å². The highest BCUT2D eigenvalue weighted by Crippen LogP contribution is 2.24. The van der Waals surface area contributed by atoms with E-state index in [4.69, 9.17) is 10.5 Å². The predicted octanol–water partition coefficient (Wildman–Crippen LogP) is 2.46. The molecule has 1 aromatic carbocycles. The van der Waals surface area contributed by atoms with Crippen LogP contribution in [0.4, 0.5) is 8.78 Å². The van der Waals surface area contributed by atoms with E-state index in [2.05, 4.69) is 4.98 Å². The summed E-state index contributed by atoms with van der Waals surface area (Å²) in [7, 11) is 0. The van der Waals surface area contributed by atoms with Crippen LogP contribution in [0.1, 0.15) is 10.4 Å². The number of benzene rings is 1. The Balaban J connectivity index is 2.15. The fraction of sp³-hybridized carbons (Fsp3) is 0.182. The molecule has 3 nitrogen and oxygen atoms in total. The van der Waals surface area contributed by atoms with Crippen LogP contribution in [0.5, 0.6) is 5.75 Å². The van der Waals surface area contributed by atoms with E-state index in [0.717, 1.165) is 4.88 Å². The van der Waals surface area contributed by atoms with Crippen molar-refractivity contribution in [3.63, 3.8) is 0 Å². The van der Waals surface area contributed by atoms with Gasteiger partial charge in [0.1, 0.15) is 6.61 Å². The molecule has 0 bridgehead atoms. The summed E-state index contributed by atoms with van der Waals surface area (Å²) >= 11 is 1.36. The molecule has 6 heteroatoms. The zero-order valence-electron chi connectivity index (χ0n) is 8.82. The van der Waals surface area contributed by atoms with Gasteiger partial charge < -0.3 is 10.5 Å². The number of halogens is 2. The Labute approximate surface area is 101 Å². The van der Waals surface area contributed by atoms with Gasteiger partial charge in [-0.2, -0.15) is 0 Å². The molecule has 0 spiro atoms. The molecule has 0 fully saturated rings. The van der Waals surface area contributed by atoms with Gasteiger partial charge in [0.2, 0.25) is 0 Å². The number of thiazole rings is 1. The van der Waals surface area contributed by atoms with Gasteiger partial charge in [-0.3, -0.25) is 4.98 Å². The fourth-order valence-electron chi connectivity index (χ4n) is 1.32. The molecular formula is C11H10F2N2OS.